The van der Waals surface area contributed by atoms with Crippen molar-refractivity contribution in [1.29, 1.82) is 0 Å². The van der Waals surface area contributed by atoms with E-state index in [1.54, 1.807) is 0 Å². The van der Waals surface area contributed by atoms with Gasteiger partial charge in [0, 0.05) is 18.5 Å². The predicted octanol–water partition coefficient (Wildman–Crippen LogP) is 4.52. The number of hydrogen-bond donors (Lipinski definition) is 1. The molecule has 0 fully saturated rings. The second-order valence-electron chi connectivity index (χ2n) is 5.45. The summed E-state index contributed by atoms with van der Waals surface area (Å²) in [6, 6.07) is 9.80. The standard InChI is InChI=1S/C17H23N3O/c1-5-9-18-15-11-16(20-17(19-15)12(2)3)21-14-8-6-7-13(4)10-14/h6-8,10-12H,5,9H2,1-4H3,(H,18,19,20). The molecule has 0 aliphatic rings. The van der Waals surface area contributed by atoms with Crippen molar-refractivity contribution in [2.75, 3.05) is 11.9 Å². The van der Waals surface area contributed by atoms with Crippen LogP contribution in [0.4, 0.5) is 5.82 Å². The number of hydrogen-bond acceptors (Lipinski definition) is 4. The summed E-state index contributed by atoms with van der Waals surface area (Å²) in [7, 11) is 0. The molecule has 1 aromatic carbocycles. The minimum absolute atomic E-state index is 0.258. The van der Waals surface area contributed by atoms with Crippen LogP contribution in [0.1, 0.15) is 44.5 Å². The molecule has 0 radical (unpaired) electrons. The number of aryl methyl sites for hydroxylation is 1. The van der Waals surface area contributed by atoms with Crippen LogP contribution in [-0.4, -0.2) is 16.5 Å². The minimum Gasteiger partial charge on any atom is -0.439 e. The van der Waals surface area contributed by atoms with Crippen LogP contribution < -0.4 is 10.1 Å². The van der Waals surface area contributed by atoms with E-state index >= 15 is 0 Å². The molecule has 1 N–H and O–H groups in total. The molecule has 4 heteroatoms. The van der Waals surface area contributed by atoms with Gasteiger partial charge < -0.3 is 10.1 Å². The maximum absolute atomic E-state index is 5.88. The van der Waals surface area contributed by atoms with Crippen molar-refractivity contribution in [3.05, 3.63) is 41.7 Å². The molecule has 0 atom stereocenters. The highest BCUT2D eigenvalue weighted by Crippen LogP contribution is 2.24. The quantitative estimate of drug-likeness (QED) is 0.847. The van der Waals surface area contributed by atoms with Crippen molar-refractivity contribution >= 4 is 5.82 Å². The lowest BCUT2D eigenvalue weighted by Gasteiger charge is -2.12. The number of rotatable bonds is 6. The van der Waals surface area contributed by atoms with Gasteiger partial charge >= 0.3 is 0 Å². The number of anilines is 1. The summed E-state index contributed by atoms with van der Waals surface area (Å²) in [4.78, 5) is 9.02. The summed E-state index contributed by atoms with van der Waals surface area (Å²) in [5, 5.41) is 3.30. The average Bonchev–Trinajstić information content (AvgIpc) is 2.45. The summed E-state index contributed by atoms with van der Waals surface area (Å²) in [5.41, 5.74) is 1.16. The molecule has 21 heavy (non-hydrogen) atoms. The molecule has 0 spiro atoms. The predicted molar refractivity (Wildman–Crippen MR) is 86.2 cm³/mol. The molecule has 2 rings (SSSR count). The van der Waals surface area contributed by atoms with Gasteiger partial charge in [-0.25, -0.2) is 4.98 Å². The second-order valence-corrected chi connectivity index (χ2v) is 5.45. The molecular formula is C17H23N3O. The van der Waals surface area contributed by atoms with E-state index in [2.05, 4.69) is 36.1 Å². The normalized spacial score (nSPS) is 10.7. The van der Waals surface area contributed by atoms with Crippen LogP contribution in [0.3, 0.4) is 0 Å². The fraction of sp³-hybridized carbons (Fsp3) is 0.412. The first kappa shape index (κ1) is 15.3. The van der Waals surface area contributed by atoms with Gasteiger partial charge in [-0.15, -0.1) is 0 Å². The average molecular weight is 285 g/mol. The maximum atomic E-state index is 5.88. The highest BCUT2D eigenvalue weighted by molar-refractivity contribution is 5.40. The van der Waals surface area contributed by atoms with Crippen molar-refractivity contribution in [2.24, 2.45) is 0 Å². The van der Waals surface area contributed by atoms with Gasteiger partial charge in [-0.3, -0.25) is 0 Å². The Morgan fingerprint density at radius 2 is 2.00 bits per heavy atom. The first-order valence-electron chi connectivity index (χ1n) is 7.46. The Kier molecular flexibility index (Phi) is 5.14. The molecule has 112 valence electrons. The molecule has 0 saturated heterocycles. The molecular weight excluding hydrogens is 262 g/mol. The fourth-order valence-corrected chi connectivity index (χ4v) is 1.90. The van der Waals surface area contributed by atoms with Crippen molar-refractivity contribution < 1.29 is 4.74 Å². The zero-order valence-electron chi connectivity index (χ0n) is 13.2. The van der Waals surface area contributed by atoms with E-state index in [0.29, 0.717) is 5.88 Å². The zero-order chi connectivity index (χ0) is 15.2. The van der Waals surface area contributed by atoms with Crippen LogP contribution in [-0.2, 0) is 0 Å². The highest BCUT2D eigenvalue weighted by atomic mass is 16.5. The lowest BCUT2D eigenvalue weighted by molar-refractivity contribution is 0.457. The number of aromatic nitrogens is 2. The summed E-state index contributed by atoms with van der Waals surface area (Å²) in [5.74, 6) is 3.24. The van der Waals surface area contributed by atoms with E-state index in [4.69, 9.17) is 4.74 Å². The lowest BCUT2D eigenvalue weighted by Crippen LogP contribution is -2.07. The lowest BCUT2D eigenvalue weighted by atomic mass is 10.2. The third-order valence-corrected chi connectivity index (χ3v) is 3.00. The molecule has 0 amide bonds. The van der Waals surface area contributed by atoms with Gasteiger partial charge in [-0.2, -0.15) is 4.98 Å². The third-order valence-electron chi connectivity index (χ3n) is 3.00. The molecule has 0 aliphatic carbocycles. The molecule has 0 bridgehead atoms. The summed E-state index contributed by atoms with van der Waals surface area (Å²) >= 11 is 0. The van der Waals surface area contributed by atoms with E-state index in [1.165, 1.54) is 0 Å². The first-order valence-corrected chi connectivity index (χ1v) is 7.46. The minimum atomic E-state index is 0.258. The number of nitrogens with one attached hydrogen (secondary N) is 1. The number of benzene rings is 1. The van der Waals surface area contributed by atoms with Crippen molar-refractivity contribution in [2.45, 2.75) is 40.0 Å². The Morgan fingerprint density at radius 3 is 2.67 bits per heavy atom. The zero-order valence-corrected chi connectivity index (χ0v) is 13.2. The number of ether oxygens (including phenoxy) is 1. The van der Waals surface area contributed by atoms with Crippen LogP contribution in [0, 0.1) is 6.92 Å². The van der Waals surface area contributed by atoms with Crippen LogP contribution in [0.15, 0.2) is 30.3 Å². The molecule has 4 nitrogen and oxygen atoms in total. The Balaban J connectivity index is 2.26. The Morgan fingerprint density at radius 1 is 1.19 bits per heavy atom. The van der Waals surface area contributed by atoms with Gasteiger partial charge in [0.25, 0.3) is 0 Å². The fourth-order valence-electron chi connectivity index (χ4n) is 1.90. The number of nitrogens with zero attached hydrogens (tertiary/aromatic N) is 2. The SMILES string of the molecule is CCCNc1cc(Oc2cccc(C)c2)nc(C(C)C)n1. The summed E-state index contributed by atoms with van der Waals surface area (Å²) in [6.07, 6.45) is 1.05. The van der Waals surface area contributed by atoms with Gasteiger partial charge in [-0.1, -0.05) is 32.9 Å². The monoisotopic (exact) mass is 285 g/mol. The maximum Gasteiger partial charge on any atom is 0.224 e. The topological polar surface area (TPSA) is 47.0 Å². The van der Waals surface area contributed by atoms with Gasteiger partial charge in [0.2, 0.25) is 5.88 Å². The van der Waals surface area contributed by atoms with Gasteiger partial charge in [0.1, 0.15) is 17.4 Å². The van der Waals surface area contributed by atoms with Crippen molar-refractivity contribution in [3.8, 4) is 11.6 Å². The second kappa shape index (κ2) is 7.07. The molecule has 1 heterocycles. The van der Waals surface area contributed by atoms with E-state index in [0.717, 1.165) is 35.9 Å². The van der Waals surface area contributed by atoms with Crippen LogP contribution in [0.5, 0.6) is 11.6 Å². The van der Waals surface area contributed by atoms with E-state index in [1.807, 2.05) is 37.3 Å². The van der Waals surface area contributed by atoms with Gasteiger partial charge in [0.05, 0.1) is 0 Å². The Bertz CT molecular complexity index is 596. The molecule has 0 unspecified atom stereocenters. The Hall–Kier alpha value is -2.10. The van der Waals surface area contributed by atoms with E-state index in [-0.39, 0.29) is 5.92 Å². The van der Waals surface area contributed by atoms with Crippen LogP contribution in [0.25, 0.3) is 0 Å². The summed E-state index contributed by atoms with van der Waals surface area (Å²) < 4.78 is 5.88. The molecule has 0 aliphatic heterocycles. The van der Waals surface area contributed by atoms with Crippen molar-refractivity contribution in [3.63, 3.8) is 0 Å². The van der Waals surface area contributed by atoms with E-state index in [9.17, 15) is 0 Å². The first-order chi connectivity index (χ1) is 10.1. The third kappa shape index (κ3) is 4.45. The van der Waals surface area contributed by atoms with Crippen molar-refractivity contribution in [1.82, 2.24) is 9.97 Å². The Labute approximate surface area is 126 Å². The smallest absolute Gasteiger partial charge is 0.224 e. The highest BCUT2D eigenvalue weighted by Gasteiger charge is 2.09. The van der Waals surface area contributed by atoms with Gasteiger partial charge in [0.15, 0.2) is 0 Å². The molecule has 1 aromatic heterocycles. The molecule has 0 saturated carbocycles. The van der Waals surface area contributed by atoms with Gasteiger partial charge in [-0.05, 0) is 31.0 Å². The van der Waals surface area contributed by atoms with Crippen LogP contribution >= 0.6 is 0 Å². The molecule has 2 aromatic rings. The van der Waals surface area contributed by atoms with E-state index < -0.39 is 0 Å². The largest absolute Gasteiger partial charge is 0.439 e. The summed E-state index contributed by atoms with van der Waals surface area (Å²) in [6.45, 7) is 9.21. The van der Waals surface area contributed by atoms with Crippen LogP contribution in [0.2, 0.25) is 0 Å².